The van der Waals surface area contributed by atoms with Crippen LogP contribution in [0.25, 0.3) is 0 Å². The van der Waals surface area contributed by atoms with Crippen molar-refractivity contribution in [2.75, 3.05) is 7.05 Å². The van der Waals surface area contributed by atoms with Crippen LogP contribution in [-0.4, -0.2) is 48.8 Å². The van der Waals surface area contributed by atoms with Crippen molar-refractivity contribution in [3.8, 4) is 0 Å². The lowest BCUT2D eigenvalue weighted by Gasteiger charge is -2.28. The van der Waals surface area contributed by atoms with Gasteiger partial charge in [-0.3, -0.25) is 29.7 Å². The summed E-state index contributed by atoms with van der Waals surface area (Å²) in [6.45, 7) is 13.8. The van der Waals surface area contributed by atoms with Gasteiger partial charge in [-0.2, -0.15) is 0 Å². The van der Waals surface area contributed by atoms with Crippen molar-refractivity contribution in [2.24, 2.45) is 0 Å². The topological polar surface area (TPSA) is 48.4 Å². The second kappa shape index (κ2) is 11.2. The molecular formula is C28H38N6. The van der Waals surface area contributed by atoms with Gasteiger partial charge in [-0.05, 0) is 71.1 Å². The van der Waals surface area contributed by atoms with E-state index in [1.165, 1.54) is 0 Å². The fraction of sp³-hybridized carbons (Fsp3) is 0.464. The van der Waals surface area contributed by atoms with E-state index in [0.717, 1.165) is 73.4 Å². The molecule has 0 unspecified atom stereocenters. The molecule has 6 heteroatoms. The van der Waals surface area contributed by atoms with Gasteiger partial charge in [0, 0.05) is 51.4 Å². The molecule has 1 aliphatic heterocycles. The van der Waals surface area contributed by atoms with Crippen molar-refractivity contribution in [1.29, 1.82) is 0 Å². The van der Waals surface area contributed by atoms with Crippen LogP contribution in [0.15, 0.2) is 54.6 Å². The zero-order valence-corrected chi connectivity index (χ0v) is 21.3. The van der Waals surface area contributed by atoms with Crippen LogP contribution in [0.4, 0.5) is 0 Å². The minimum absolute atomic E-state index is 0.396. The summed E-state index contributed by atoms with van der Waals surface area (Å²) < 4.78 is 0. The van der Waals surface area contributed by atoms with Gasteiger partial charge in [0.25, 0.3) is 0 Å². The van der Waals surface area contributed by atoms with E-state index in [1.807, 2.05) is 0 Å². The molecular weight excluding hydrogens is 420 g/mol. The third kappa shape index (κ3) is 6.69. The van der Waals surface area contributed by atoms with Gasteiger partial charge in [-0.1, -0.05) is 18.2 Å². The molecule has 6 nitrogen and oxygen atoms in total. The Hall–Kier alpha value is -2.67. The molecule has 34 heavy (non-hydrogen) atoms. The van der Waals surface area contributed by atoms with Gasteiger partial charge < -0.3 is 0 Å². The van der Waals surface area contributed by atoms with E-state index in [2.05, 4.69) is 104 Å². The van der Waals surface area contributed by atoms with Crippen LogP contribution in [-0.2, 0) is 39.3 Å². The molecule has 0 radical (unpaired) electrons. The van der Waals surface area contributed by atoms with Crippen molar-refractivity contribution >= 4 is 0 Å². The first-order valence-corrected chi connectivity index (χ1v) is 12.4. The Morgan fingerprint density at radius 2 is 0.765 bits per heavy atom. The van der Waals surface area contributed by atoms with Gasteiger partial charge >= 0.3 is 0 Å². The van der Waals surface area contributed by atoms with Gasteiger partial charge in [-0.15, -0.1) is 0 Å². The highest BCUT2D eigenvalue weighted by molar-refractivity contribution is 5.16. The van der Waals surface area contributed by atoms with Gasteiger partial charge in [0.05, 0.1) is 34.2 Å². The molecule has 0 fully saturated rings. The maximum Gasteiger partial charge on any atom is 0.0548 e. The van der Waals surface area contributed by atoms with Gasteiger partial charge in [-0.25, -0.2) is 0 Å². The third-order valence-corrected chi connectivity index (χ3v) is 6.38. The molecule has 4 heterocycles. The fourth-order valence-corrected chi connectivity index (χ4v) is 4.40. The van der Waals surface area contributed by atoms with Gasteiger partial charge in [0.2, 0.25) is 0 Å². The average Bonchev–Trinajstić information content (AvgIpc) is 2.78. The Labute approximate surface area is 204 Å². The summed E-state index contributed by atoms with van der Waals surface area (Å²) in [5, 5.41) is 0. The SMILES string of the molecule is CC(C)N1Cc2cccc(n2)CN(C)Cc2cccc(n2)CN(C(C)C)Cc2cccc(n2)C1. The second-order valence-corrected chi connectivity index (χ2v) is 10.0. The molecule has 0 aliphatic carbocycles. The fourth-order valence-electron chi connectivity index (χ4n) is 4.40. The average molecular weight is 459 g/mol. The number of rotatable bonds is 2. The summed E-state index contributed by atoms with van der Waals surface area (Å²) in [5.74, 6) is 0. The zero-order chi connectivity index (χ0) is 24.1. The Bertz CT molecular complexity index is 999. The van der Waals surface area contributed by atoms with E-state index >= 15 is 0 Å². The molecule has 180 valence electrons. The molecule has 0 atom stereocenters. The van der Waals surface area contributed by atoms with Crippen molar-refractivity contribution in [1.82, 2.24) is 29.7 Å². The lowest BCUT2D eigenvalue weighted by molar-refractivity contribution is 0.192. The van der Waals surface area contributed by atoms with Crippen molar-refractivity contribution < 1.29 is 0 Å². The number of nitrogens with zero attached hydrogens (tertiary/aromatic N) is 6. The molecule has 4 rings (SSSR count). The van der Waals surface area contributed by atoms with Gasteiger partial charge in [0.15, 0.2) is 0 Å². The zero-order valence-electron chi connectivity index (χ0n) is 21.3. The minimum Gasteiger partial charge on any atom is -0.295 e. The molecule has 1 aliphatic rings. The Balaban J connectivity index is 1.69. The van der Waals surface area contributed by atoms with Crippen molar-refractivity contribution in [3.63, 3.8) is 0 Å². The summed E-state index contributed by atoms with van der Waals surface area (Å²) in [6, 6.07) is 20.0. The van der Waals surface area contributed by atoms with Crippen LogP contribution >= 0.6 is 0 Å². The van der Waals surface area contributed by atoms with Crippen LogP contribution in [0.5, 0.6) is 0 Å². The molecule has 3 aromatic heterocycles. The molecule has 0 spiro atoms. The molecule has 6 bridgehead atoms. The van der Waals surface area contributed by atoms with Crippen LogP contribution in [0.2, 0.25) is 0 Å². The highest BCUT2D eigenvalue weighted by atomic mass is 15.2. The van der Waals surface area contributed by atoms with E-state index in [-0.39, 0.29) is 0 Å². The highest BCUT2D eigenvalue weighted by Crippen LogP contribution is 2.16. The molecule has 0 N–H and O–H groups in total. The first-order valence-electron chi connectivity index (χ1n) is 12.4. The number of aromatic nitrogens is 3. The molecule has 0 aromatic carbocycles. The van der Waals surface area contributed by atoms with Crippen LogP contribution in [0, 0.1) is 0 Å². The number of hydrogen-bond donors (Lipinski definition) is 0. The smallest absolute Gasteiger partial charge is 0.0548 e. The Morgan fingerprint density at radius 1 is 0.500 bits per heavy atom. The van der Waals surface area contributed by atoms with Crippen molar-refractivity contribution in [3.05, 3.63) is 88.8 Å². The Kier molecular flexibility index (Phi) is 8.03. The summed E-state index contributed by atoms with van der Waals surface area (Å²) in [7, 11) is 2.14. The lowest BCUT2D eigenvalue weighted by Crippen LogP contribution is -2.32. The second-order valence-electron chi connectivity index (χ2n) is 10.0. The maximum atomic E-state index is 5.04. The first kappa shape index (κ1) is 24.5. The highest BCUT2D eigenvalue weighted by Gasteiger charge is 2.17. The van der Waals surface area contributed by atoms with Gasteiger partial charge in [0.1, 0.15) is 0 Å². The van der Waals surface area contributed by atoms with Crippen LogP contribution in [0.3, 0.4) is 0 Å². The summed E-state index contributed by atoms with van der Waals surface area (Å²) in [4.78, 5) is 22.2. The van der Waals surface area contributed by atoms with E-state index in [4.69, 9.17) is 15.0 Å². The predicted molar refractivity (Wildman–Crippen MR) is 137 cm³/mol. The summed E-state index contributed by atoms with van der Waals surface area (Å²) in [6.07, 6.45) is 0. The quantitative estimate of drug-likeness (QED) is 0.558. The van der Waals surface area contributed by atoms with Crippen molar-refractivity contribution in [2.45, 2.75) is 79.0 Å². The van der Waals surface area contributed by atoms with E-state index in [1.54, 1.807) is 0 Å². The van der Waals surface area contributed by atoms with E-state index in [9.17, 15) is 0 Å². The van der Waals surface area contributed by atoms with Crippen LogP contribution < -0.4 is 0 Å². The largest absolute Gasteiger partial charge is 0.295 e. The predicted octanol–water partition coefficient (Wildman–Crippen LogP) is 4.64. The minimum atomic E-state index is 0.396. The maximum absolute atomic E-state index is 5.04. The summed E-state index contributed by atoms with van der Waals surface area (Å²) in [5.41, 5.74) is 6.59. The number of pyridine rings is 3. The monoisotopic (exact) mass is 458 g/mol. The van der Waals surface area contributed by atoms with E-state index < -0.39 is 0 Å². The standard InChI is InChI=1S/C28H38N6/c1-21(2)33-17-25-11-6-9-23(29-25)15-32(5)16-24-10-7-12-26(30-24)18-34(22(3)4)20-28-14-8-13-27(19-33)31-28/h6-14,21-22H,15-20H2,1-5H3. The molecule has 3 aromatic rings. The van der Waals surface area contributed by atoms with Crippen LogP contribution in [0.1, 0.15) is 61.9 Å². The van der Waals surface area contributed by atoms with E-state index in [0.29, 0.717) is 12.1 Å². The molecule has 0 amide bonds. The molecule has 0 saturated heterocycles. The lowest BCUT2D eigenvalue weighted by atomic mass is 10.2. The Morgan fingerprint density at radius 3 is 1.03 bits per heavy atom. The normalized spacial score (nSPS) is 17.0. The molecule has 0 saturated carbocycles. The third-order valence-electron chi connectivity index (χ3n) is 6.38. The first-order chi connectivity index (χ1) is 16.4. The summed E-state index contributed by atoms with van der Waals surface area (Å²) >= 11 is 0. The number of hydrogen-bond acceptors (Lipinski definition) is 6. The number of fused-ring (bicyclic) bond motifs is 6.